The van der Waals surface area contributed by atoms with Gasteiger partial charge < -0.3 is 20.0 Å². The first-order valence-corrected chi connectivity index (χ1v) is 6.74. The summed E-state index contributed by atoms with van der Waals surface area (Å²) in [5.74, 6) is -0.764. The van der Waals surface area contributed by atoms with Crippen molar-refractivity contribution in [3.63, 3.8) is 0 Å². The number of aliphatic hydroxyl groups is 1. The molecule has 19 heavy (non-hydrogen) atoms. The Bertz CT molecular complexity index is 336. The Balaban J connectivity index is 2.58. The normalized spacial score (nSPS) is 19.9. The van der Waals surface area contributed by atoms with Crippen LogP contribution in [0.2, 0.25) is 0 Å². The molecule has 1 heterocycles. The van der Waals surface area contributed by atoms with Crippen molar-refractivity contribution in [1.82, 2.24) is 9.80 Å². The van der Waals surface area contributed by atoms with Crippen LogP contribution in [-0.4, -0.2) is 64.8 Å². The summed E-state index contributed by atoms with van der Waals surface area (Å²) in [6.07, 6.45) is 1.01. The largest absolute Gasteiger partial charge is 0.481 e. The number of amides is 2. The predicted octanol–water partition coefficient (Wildman–Crippen LogP) is 0.996. The van der Waals surface area contributed by atoms with E-state index in [9.17, 15) is 19.8 Å². The molecule has 6 heteroatoms. The molecule has 0 spiro atoms. The second kappa shape index (κ2) is 6.23. The van der Waals surface area contributed by atoms with E-state index in [0.717, 1.165) is 0 Å². The lowest BCUT2D eigenvalue weighted by molar-refractivity contribution is -0.152. The summed E-state index contributed by atoms with van der Waals surface area (Å²) in [6, 6.07) is -0.143. The summed E-state index contributed by atoms with van der Waals surface area (Å²) in [7, 11) is 1.65. The van der Waals surface area contributed by atoms with Crippen LogP contribution in [0, 0.1) is 5.41 Å². The van der Waals surface area contributed by atoms with Gasteiger partial charge in [0, 0.05) is 26.7 Å². The van der Waals surface area contributed by atoms with Crippen molar-refractivity contribution in [2.24, 2.45) is 5.41 Å². The number of carbonyl (C=O) groups is 2. The quantitative estimate of drug-likeness (QED) is 0.800. The Morgan fingerprint density at radius 1 is 1.37 bits per heavy atom. The minimum Gasteiger partial charge on any atom is -0.481 e. The number of hydrogen-bond donors (Lipinski definition) is 2. The monoisotopic (exact) mass is 272 g/mol. The van der Waals surface area contributed by atoms with Crippen LogP contribution >= 0.6 is 0 Å². The molecule has 0 aromatic rings. The molecule has 1 saturated heterocycles. The zero-order valence-corrected chi connectivity index (χ0v) is 11.9. The summed E-state index contributed by atoms with van der Waals surface area (Å²) in [6.45, 7) is 4.72. The number of carbonyl (C=O) groups excluding carboxylic acids is 1. The standard InChI is InChI=1S/C13H24N2O4/c1-4-13(11(17)18)5-7-15(8-6-13)12(19)14(3)9-10(2)16/h10,16H,4-9H2,1-3H3,(H,17,18). The number of aliphatic hydroxyl groups excluding tert-OH is 1. The topological polar surface area (TPSA) is 81.1 Å². The maximum Gasteiger partial charge on any atom is 0.319 e. The Morgan fingerprint density at radius 2 is 1.89 bits per heavy atom. The molecule has 2 amide bonds. The Morgan fingerprint density at radius 3 is 2.26 bits per heavy atom. The van der Waals surface area contributed by atoms with Gasteiger partial charge in [0.15, 0.2) is 0 Å². The third-order valence-corrected chi connectivity index (χ3v) is 3.99. The van der Waals surface area contributed by atoms with Gasteiger partial charge >= 0.3 is 12.0 Å². The molecule has 0 saturated carbocycles. The highest BCUT2D eigenvalue weighted by molar-refractivity contribution is 5.77. The average molecular weight is 272 g/mol. The summed E-state index contributed by atoms with van der Waals surface area (Å²) in [5.41, 5.74) is -0.681. The van der Waals surface area contributed by atoms with Crippen LogP contribution in [0.15, 0.2) is 0 Å². The number of piperidine rings is 1. The van der Waals surface area contributed by atoms with E-state index < -0.39 is 17.5 Å². The number of nitrogens with zero attached hydrogens (tertiary/aromatic N) is 2. The van der Waals surface area contributed by atoms with Crippen LogP contribution in [0.4, 0.5) is 4.79 Å². The lowest BCUT2D eigenvalue weighted by atomic mass is 9.76. The molecule has 1 rings (SSSR count). The van der Waals surface area contributed by atoms with E-state index in [2.05, 4.69) is 0 Å². The number of carboxylic acid groups (broad SMARTS) is 1. The lowest BCUT2D eigenvalue weighted by Crippen LogP contribution is -2.50. The van der Waals surface area contributed by atoms with E-state index in [-0.39, 0.29) is 12.6 Å². The van der Waals surface area contributed by atoms with Crippen molar-refractivity contribution in [3.05, 3.63) is 0 Å². The highest BCUT2D eigenvalue weighted by atomic mass is 16.4. The highest BCUT2D eigenvalue weighted by Gasteiger charge is 2.41. The smallest absolute Gasteiger partial charge is 0.319 e. The van der Waals surface area contributed by atoms with E-state index in [1.54, 1.807) is 18.9 Å². The van der Waals surface area contributed by atoms with Crippen molar-refractivity contribution in [2.45, 2.75) is 39.2 Å². The van der Waals surface area contributed by atoms with Crippen molar-refractivity contribution < 1.29 is 19.8 Å². The molecular formula is C13H24N2O4. The first-order valence-electron chi connectivity index (χ1n) is 6.74. The van der Waals surface area contributed by atoms with Gasteiger partial charge in [-0.25, -0.2) is 4.79 Å². The van der Waals surface area contributed by atoms with Crippen LogP contribution < -0.4 is 0 Å². The summed E-state index contributed by atoms with van der Waals surface area (Å²) in [4.78, 5) is 26.6. The van der Waals surface area contributed by atoms with E-state index in [0.29, 0.717) is 32.4 Å². The molecule has 110 valence electrons. The van der Waals surface area contributed by atoms with Crippen molar-refractivity contribution in [1.29, 1.82) is 0 Å². The predicted molar refractivity (Wildman–Crippen MR) is 70.9 cm³/mol. The molecule has 1 fully saturated rings. The number of urea groups is 1. The minimum absolute atomic E-state index is 0.143. The number of carboxylic acids is 1. The summed E-state index contributed by atoms with van der Waals surface area (Å²) in [5, 5.41) is 18.6. The molecule has 2 N–H and O–H groups in total. The zero-order valence-electron chi connectivity index (χ0n) is 11.9. The number of aliphatic carboxylic acids is 1. The van der Waals surface area contributed by atoms with E-state index >= 15 is 0 Å². The van der Waals surface area contributed by atoms with Gasteiger partial charge in [-0.05, 0) is 26.2 Å². The third-order valence-electron chi connectivity index (χ3n) is 3.99. The summed E-state index contributed by atoms with van der Waals surface area (Å²) < 4.78 is 0. The molecule has 6 nitrogen and oxygen atoms in total. The number of rotatable bonds is 4. The Hall–Kier alpha value is -1.30. The molecule has 0 aromatic heterocycles. The fraction of sp³-hybridized carbons (Fsp3) is 0.846. The maximum atomic E-state index is 12.1. The molecule has 1 unspecified atom stereocenters. The average Bonchev–Trinajstić information content (AvgIpc) is 2.37. The zero-order chi connectivity index (χ0) is 14.6. The van der Waals surface area contributed by atoms with Crippen LogP contribution in [0.1, 0.15) is 33.1 Å². The van der Waals surface area contributed by atoms with Gasteiger partial charge in [0.1, 0.15) is 0 Å². The maximum absolute atomic E-state index is 12.1. The second-order valence-corrected chi connectivity index (χ2v) is 5.44. The highest BCUT2D eigenvalue weighted by Crippen LogP contribution is 2.35. The first kappa shape index (κ1) is 15.8. The molecule has 0 aliphatic carbocycles. The lowest BCUT2D eigenvalue weighted by Gasteiger charge is -2.39. The van der Waals surface area contributed by atoms with Crippen molar-refractivity contribution in [2.75, 3.05) is 26.7 Å². The second-order valence-electron chi connectivity index (χ2n) is 5.44. The van der Waals surface area contributed by atoms with E-state index in [1.807, 2.05) is 6.92 Å². The molecule has 0 bridgehead atoms. The van der Waals surface area contributed by atoms with Crippen LogP contribution in [0.5, 0.6) is 0 Å². The third kappa shape index (κ3) is 3.59. The van der Waals surface area contributed by atoms with Crippen molar-refractivity contribution in [3.8, 4) is 0 Å². The van der Waals surface area contributed by atoms with Gasteiger partial charge in [0.05, 0.1) is 11.5 Å². The first-order chi connectivity index (χ1) is 8.82. The SMILES string of the molecule is CCC1(C(=O)O)CCN(C(=O)N(C)CC(C)O)CC1. The Labute approximate surface area is 114 Å². The molecular weight excluding hydrogens is 248 g/mol. The van der Waals surface area contributed by atoms with Gasteiger partial charge in [-0.2, -0.15) is 0 Å². The van der Waals surface area contributed by atoms with Gasteiger partial charge in [0.2, 0.25) is 0 Å². The molecule has 1 aliphatic heterocycles. The molecule has 1 atom stereocenters. The number of likely N-dealkylation sites (tertiary alicyclic amines) is 1. The van der Waals surface area contributed by atoms with Gasteiger partial charge in [0.25, 0.3) is 0 Å². The van der Waals surface area contributed by atoms with E-state index in [4.69, 9.17) is 0 Å². The summed E-state index contributed by atoms with van der Waals surface area (Å²) >= 11 is 0. The fourth-order valence-electron chi connectivity index (χ4n) is 2.56. The number of hydrogen-bond acceptors (Lipinski definition) is 3. The molecule has 1 aliphatic rings. The minimum atomic E-state index is -0.764. The van der Waals surface area contributed by atoms with Crippen molar-refractivity contribution >= 4 is 12.0 Å². The number of likely N-dealkylation sites (N-methyl/N-ethyl adjacent to an activating group) is 1. The van der Waals surface area contributed by atoms with Crippen LogP contribution in [0.3, 0.4) is 0 Å². The fourth-order valence-corrected chi connectivity index (χ4v) is 2.56. The van der Waals surface area contributed by atoms with E-state index in [1.165, 1.54) is 4.90 Å². The molecule has 0 aromatic carbocycles. The van der Waals surface area contributed by atoms with Gasteiger partial charge in [-0.1, -0.05) is 6.92 Å². The van der Waals surface area contributed by atoms with Gasteiger partial charge in [-0.15, -0.1) is 0 Å². The van der Waals surface area contributed by atoms with Crippen LogP contribution in [-0.2, 0) is 4.79 Å². The molecule has 0 radical (unpaired) electrons. The Kier molecular flexibility index (Phi) is 5.17. The van der Waals surface area contributed by atoms with Crippen LogP contribution in [0.25, 0.3) is 0 Å². The van der Waals surface area contributed by atoms with Gasteiger partial charge in [-0.3, -0.25) is 4.79 Å².